The fourth-order valence-corrected chi connectivity index (χ4v) is 1.37. The summed E-state index contributed by atoms with van der Waals surface area (Å²) in [6.07, 6.45) is 1.03. The maximum Gasteiger partial charge on any atom is 0 e. The van der Waals surface area contributed by atoms with Crippen LogP contribution >= 0.6 is 0 Å². The van der Waals surface area contributed by atoms with Crippen molar-refractivity contribution in [1.29, 1.82) is 10.5 Å². The minimum atomic E-state index is 0. The van der Waals surface area contributed by atoms with Gasteiger partial charge < -0.3 is 0 Å². The van der Waals surface area contributed by atoms with Crippen molar-refractivity contribution in [2.45, 2.75) is 12.8 Å². The van der Waals surface area contributed by atoms with Crippen molar-refractivity contribution in [2.75, 3.05) is 0 Å². The van der Waals surface area contributed by atoms with Gasteiger partial charge in [-0.1, -0.05) is 60.7 Å². The quantitative estimate of drug-likeness (QED) is 0.436. The Labute approximate surface area is 173 Å². The van der Waals surface area contributed by atoms with Gasteiger partial charge in [-0.3, -0.25) is 0 Å². The molecule has 0 aliphatic carbocycles. The molecule has 0 fully saturated rings. The van der Waals surface area contributed by atoms with Crippen LogP contribution < -0.4 is 0 Å². The van der Waals surface area contributed by atoms with Crippen molar-refractivity contribution in [3.8, 4) is 12.1 Å². The van der Waals surface area contributed by atoms with E-state index >= 15 is 0 Å². The van der Waals surface area contributed by atoms with Crippen LogP contribution in [0.4, 0.5) is 0 Å². The van der Waals surface area contributed by atoms with E-state index in [9.17, 15) is 0 Å². The van der Waals surface area contributed by atoms with Crippen LogP contribution in [0, 0.1) is 49.3 Å². The van der Waals surface area contributed by atoms with Gasteiger partial charge in [0.05, 0.1) is 25.0 Å². The molecule has 0 aromatic heterocycles. The summed E-state index contributed by atoms with van der Waals surface area (Å²) < 4.78 is 30.0. The van der Waals surface area contributed by atoms with Gasteiger partial charge in [-0.15, -0.1) is 0 Å². The molecule has 0 unspecified atom stereocenters. The second kappa shape index (κ2) is 38.6. The minimum absolute atomic E-state index is 0. The van der Waals surface area contributed by atoms with Crippen LogP contribution in [0.5, 0.6) is 0 Å². The molecular formula is C20H14N2O4W. The van der Waals surface area contributed by atoms with E-state index in [0.29, 0.717) is 12.8 Å². The summed E-state index contributed by atoms with van der Waals surface area (Å²) in [5, 5.41) is 16.5. The van der Waals surface area contributed by atoms with Crippen molar-refractivity contribution in [3.63, 3.8) is 0 Å². The van der Waals surface area contributed by atoms with Gasteiger partial charge in [0.25, 0.3) is 0 Å². The van der Waals surface area contributed by atoms with Crippen molar-refractivity contribution >= 4 is 0 Å². The summed E-state index contributed by atoms with van der Waals surface area (Å²) in [5.41, 5.74) is 2.17. The molecule has 0 bridgehead atoms. The maximum atomic E-state index is 8.27. The molecule has 6 nitrogen and oxygen atoms in total. The Morgan fingerprint density at radius 2 is 0.778 bits per heavy atom. The molecule has 0 saturated heterocycles. The van der Waals surface area contributed by atoms with E-state index in [0.717, 1.165) is 11.1 Å². The predicted molar refractivity (Wildman–Crippen MR) is 87.2 cm³/mol. The third-order valence-electron chi connectivity index (χ3n) is 2.25. The summed E-state index contributed by atoms with van der Waals surface area (Å²) in [5.74, 6) is 0. The topological polar surface area (TPSA) is 127 Å². The minimum Gasteiger partial charge on any atom is 0 e. The molecule has 2 aromatic carbocycles. The van der Waals surface area contributed by atoms with E-state index < -0.39 is 0 Å². The molecule has 0 heterocycles. The van der Waals surface area contributed by atoms with Crippen molar-refractivity contribution in [2.24, 2.45) is 0 Å². The smallest absolute Gasteiger partial charge is 0 e. The number of hydrogen-bond acceptors (Lipinski definition) is 2. The molecule has 0 N–H and O–H groups in total. The Hall–Kier alpha value is -2.93. The van der Waals surface area contributed by atoms with E-state index in [-0.39, 0.29) is 21.1 Å². The van der Waals surface area contributed by atoms with Gasteiger partial charge in [-0.2, -0.15) is 10.5 Å². The fourth-order valence-electron chi connectivity index (χ4n) is 1.37. The van der Waals surface area contributed by atoms with Gasteiger partial charge in [0.15, 0.2) is 0 Å². The van der Waals surface area contributed by atoms with Gasteiger partial charge in [0.1, 0.15) is 0 Å². The molecule has 0 aliphatic heterocycles. The van der Waals surface area contributed by atoms with Gasteiger partial charge in [0, 0.05) is 21.1 Å². The van der Waals surface area contributed by atoms with Crippen LogP contribution in [-0.2, 0) is 52.5 Å². The number of nitriles is 2. The molecular weight excluding hydrogens is 516 g/mol. The average Bonchev–Trinajstić information content (AvgIpc) is 2.76. The van der Waals surface area contributed by atoms with Crippen LogP contribution in [0.3, 0.4) is 0 Å². The van der Waals surface area contributed by atoms with Crippen molar-refractivity contribution < 1.29 is 39.7 Å². The normalized spacial score (nSPS) is 5.85. The van der Waals surface area contributed by atoms with Crippen molar-refractivity contribution in [3.05, 3.63) is 98.4 Å². The summed E-state index contributed by atoms with van der Waals surface area (Å²) in [6.45, 7) is 18.0. The molecule has 2 rings (SSSR count). The van der Waals surface area contributed by atoms with Crippen LogP contribution in [-0.4, -0.2) is 0 Å². The first kappa shape index (κ1) is 35.2. The van der Waals surface area contributed by atoms with Gasteiger partial charge in [-0.05, 0) is 11.1 Å². The van der Waals surface area contributed by atoms with E-state index in [1.54, 1.807) is 0 Å². The number of rotatable bonds is 2. The summed E-state index contributed by atoms with van der Waals surface area (Å²) in [6, 6.07) is 23.6. The Bertz CT molecular complexity index is 622. The van der Waals surface area contributed by atoms with Crippen LogP contribution in [0.25, 0.3) is 0 Å². The second-order valence-electron chi connectivity index (χ2n) is 3.64. The third kappa shape index (κ3) is 28.2. The monoisotopic (exact) mass is 530 g/mol. The predicted octanol–water partition coefficient (Wildman–Crippen LogP) is 3.35. The number of nitrogens with zero attached hydrogens (tertiary/aromatic N) is 2. The first-order chi connectivity index (χ1) is 12.9. The molecule has 0 amide bonds. The molecule has 7 heteroatoms. The number of benzene rings is 2. The zero-order valence-corrected chi connectivity index (χ0v) is 17.1. The van der Waals surface area contributed by atoms with Crippen LogP contribution in [0.2, 0.25) is 0 Å². The van der Waals surface area contributed by atoms with E-state index in [1.165, 1.54) is 0 Å². The molecule has 0 radical (unpaired) electrons. The molecule has 27 heavy (non-hydrogen) atoms. The zero-order valence-electron chi connectivity index (χ0n) is 14.1. The van der Waals surface area contributed by atoms with E-state index in [4.69, 9.17) is 29.1 Å². The molecule has 0 saturated carbocycles. The Balaban J connectivity index is -0.0000000851. The Kier molecular flexibility index (Phi) is 50.3. The molecule has 0 aliphatic rings. The first-order valence-electron chi connectivity index (χ1n) is 6.50. The Morgan fingerprint density at radius 3 is 0.963 bits per heavy atom. The molecule has 134 valence electrons. The number of hydrogen-bond donors (Lipinski definition) is 0. The van der Waals surface area contributed by atoms with Crippen LogP contribution in [0.15, 0.2) is 60.7 Å². The summed E-state index contributed by atoms with van der Waals surface area (Å²) in [4.78, 5) is 0. The average molecular weight is 530 g/mol. The molecule has 2 aromatic rings. The van der Waals surface area contributed by atoms with Crippen LogP contribution in [0.1, 0.15) is 11.1 Å². The van der Waals surface area contributed by atoms with E-state index in [2.05, 4.69) is 38.7 Å². The second-order valence-corrected chi connectivity index (χ2v) is 3.64. The Morgan fingerprint density at radius 1 is 0.556 bits per heavy atom. The maximum absolute atomic E-state index is 8.27. The fraction of sp³-hybridized carbons (Fsp3) is 0.100. The van der Waals surface area contributed by atoms with Gasteiger partial charge >= 0.3 is 45.2 Å². The summed E-state index contributed by atoms with van der Waals surface area (Å²) in [7, 11) is 0. The largest absolute Gasteiger partial charge is 0 e. The van der Waals surface area contributed by atoms with Crippen molar-refractivity contribution in [1.82, 2.24) is 0 Å². The standard InChI is InChI=1S/2C8H7N.4CO.W/c2*9-7-6-8-4-2-1-3-5-8;4*1-2;/h2*1-5H,6H2;;;;;. The molecule has 0 atom stereocenters. The summed E-state index contributed by atoms with van der Waals surface area (Å²) >= 11 is 0. The first-order valence-corrected chi connectivity index (χ1v) is 6.50. The third-order valence-corrected chi connectivity index (χ3v) is 2.25. The molecule has 0 spiro atoms. The van der Waals surface area contributed by atoms with E-state index in [1.807, 2.05) is 60.7 Å². The SMILES string of the molecule is N#CCc1ccccc1.N#CCc1ccccc1.[C-]#[O+].[C-]#[O+].[C-]#[O+].[C-]#[O+].[W]. The van der Waals surface area contributed by atoms with Gasteiger partial charge in [0.2, 0.25) is 0 Å². The zero-order chi connectivity index (χ0) is 21.1. The van der Waals surface area contributed by atoms with Gasteiger partial charge in [-0.25, -0.2) is 0 Å².